The van der Waals surface area contributed by atoms with E-state index in [0.29, 0.717) is 0 Å². The average Bonchev–Trinajstić information content (AvgIpc) is 2.85. The Hall–Kier alpha value is -3.15. The van der Waals surface area contributed by atoms with Gasteiger partial charge >= 0.3 is 0 Å². The van der Waals surface area contributed by atoms with Gasteiger partial charge in [0.15, 0.2) is 0 Å². The summed E-state index contributed by atoms with van der Waals surface area (Å²) < 4.78 is 0. The van der Waals surface area contributed by atoms with Gasteiger partial charge in [0.1, 0.15) is 0 Å². The molecular formula is C16H16N6. The van der Waals surface area contributed by atoms with E-state index in [9.17, 15) is 0 Å². The minimum atomic E-state index is 0.0417. The van der Waals surface area contributed by atoms with E-state index in [1.165, 1.54) is 22.3 Å². The number of fused-ring (bicyclic) bond motifs is 3. The van der Waals surface area contributed by atoms with Crippen LogP contribution in [0.15, 0.2) is 48.5 Å². The van der Waals surface area contributed by atoms with Crippen molar-refractivity contribution in [2.75, 3.05) is 17.2 Å². The highest BCUT2D eigenvalue weighted by molar-refractivity contribution is 5.76. The molecule has 110 valence electrons. The number of aromatic nitrogens is 3. The van der Waals surface area contributed by atoms with Gasteiger partial charge in [0, 0.05) is 0 Å². The third-order valence-corrected chi connectivity index (χ3v) is 3.39. The molecule has 0 fully saturated rings. The zero-order chi connectivity index (χ0) is 15.5. The molecule has 0 bridgehead atoms. The third kappa shape index (κ3) is 2.80. The summed E-state index contributed by atoms with van der Waals surface area (Å²) >= 11 is 0. The Kier molecular flexibility index (Phi) is 3.57. The van der Waals surface area contributed by atoms with Gasteiger partial charge in [0.25, 0.3) is 0 Å². The Morgan fingerprint density at radius 2 is 0.955 bits per heavy atom. The molecule has 0 atom stereocenters. The second-order valence-corrected chi connectivity index (χ2v) is 4.90. The number of rotatable bonds is 0. The summed E-state index contributed by atoms with van der Waals surface area (Å²) in [6.07, 6.45) is 1.10. The first-order valence-electron chi connectivity index (χ1n) is 6.82. The van der Waals surface area contributed by atoms with Crippen molar-refractivity contribution in [3.05, 3.63) is 59.7 Å². The highest BCUT2D eigenvalue weighted by Crippen LogP contribution is 2.35. The Labute approximate surface area is 128 Å². The van der Waals surface area contributed by atoms with Crippen LogP contribution in [-0.2, 0) is 6.42 Å². The van der Waals surface area contributed by atoms with Crippen LogP contribution < -0.4 is 17.2 Å². The van der Waals surface area contributed by atoms with E-state index in [2.05, 4.69) is 63.5 Å². The Bertz CT molecular complexity index is 721. The van der Waals surface area contributed by atoms with Gasteiger partial charge in [-0.05, 0) is 28.7 Å². The first kappa shape index (κ1) is 13.8. The fraction of sp³-hybridized carbons (Fsp3) is 0.0625. The molecule has 6 nitrogen and oxygen atoms in total. The summed E-state index contributed by atoms with van der Waals surface area (Å²) in [5.74, 6) is 0.125. The van der Waals surface area contributed by atoms with Crippen molar-refractivity contribution >= 4 is 17.8 Å². The molecule has 6 heteroatoms. The number of anilines is 3. The second-order valence-electron chi connectivity index (χ2n) is 4.90. The number of hydrogen-bond acceptors (Lipinski definition) is 6. The zero-order valence-electron chi connectivity index (χ0n) is 11.9. The molecule has 1 heterocycles. The van der Waals surface area contributed by atoms with Crippen LogP contribution in [0, 0.1) is 0 Å². The van der Waals surface area contributed by atoms with E-state index in [1.54, 1.807) is 0 Å². The molecule has 0 saturated carbocycles. The molecule has 4 rings (SSSR count). The monoisotopic (exact) mass is 292 g/mol. The van der Waals surface area contributed by atoms with Crippen LogP contribution in [0.4, 0.5) is 17.8 Å². The van der Waals surface area contributed by atoms with E-state index >= 15 is 0 Å². The summed E-state index contributed by atoms with van der Waals surface area (Å²) in [6, 6.07) is 17.3. The summed E-state index contributed by atoms with van der Waals surface area (Å²) in [7, 11) is 0. The summed E-state index contributed by atoms with van der Waals surface area (Å²) in [6.45, 7) is 0. The predicted octanol–water partition coefficient (Wildman–Crippen LogP) is 1.88. The summed E-state index contributed by atoms with van der Waals surface area (Å²) in [5.41, 5.74) is 21.2. The molecule has 3 aromatic rings. The predicted molar refractivity (Wildman–Crippen MR) is 87.7 cm³/mol. The number of nitrogen functional groups attached to an aromatic ring is 3. The van der Waals surface area contributed by atoms with Crippen molar-refractivity contribution in [2.45, 2.75) is 6.42 Å². The lowest BCUT2D eigenvalue weighted by Gasteiger charge is -1.98. The van der Waals surface area contributed by atoms with Crippen molar-refractivity contribution in [3.8, 4) is 11.1 Å². The first-order chi connectivity index (χ1) is 10.6. The lowest BCUT2D eigenvalue weighted by atomic mass is 10.1. The smallest absolute Gasteiger partial charge is 0.226 e. The molecule has 6 N–H and O–H groups in total. The number of hydrogen-bond donors (Lipinski definition) is 3. The lowest BCUT2D eigenvalue weighted by molar-refractivity contribution is 1.09. The second kappa shape index (κ2) is 5.69. The van der Waals surface area contributed by atoms with Crippen LogP contribution in [-0.4, -0.2) is 15.0 Å². The van der Waals surface area contributed by atoms with Crippen LogP contribution >= 0.6 is 0 Å². The van der Waals surface area contributed by atoms with Crippen molar-refractivity contribution < 1.29 is 0 Å². The van der Waals surface area contributed by atoms with E-state index < -0.39 is 0 Å². The minimum absolute atomic E-state index is 0.0417. The maximum absolute atomic E-state index is 5.14. The van der Waals surface area contributed by atoms with E-state index in [4.69, 9.17) is 17.2 Å². The maximum atomic E-state index is 5.14. The van der Waals surface area contributed by atoms with Crippen molar-refractivity contribution in [3.63, 3.8) is 0 Å². The molecule has 0 aliphatic heterocycles. The molecule has 1 aliphatic rings. The average molecular weight is 292 g/mol. The van der Waals surface area contributed by atoms with E-state index in [-0.39, 0.29) is 17.8 Å². The summed E-state index contributed by atoms with van der Waals surface area (Å²) in [5, 5.41) is 0. The standard InChI is InChI=1S/C13H10.C3H6N6/c1-3-7-12-10(5-1)9-11-6-2-4-8-13(11)12;4-1-7-2(5)9-3(6)8-1/h1-8H,9H2;(H6,4,5,6,7,8,9). The summed E-state index contributed by atoms with van der Waals surface area (Å²) in [4.78, 5) is 10.5. The number of nitrogens with zero attached hydrogens (tertiary/aromatic N) is 3. The van der Waals surface area contributed by atoms with Gasteiger partial charge in [0.2, 0.25) is 17.8 Å². The molecule has 0 saturated heterocycles. The van der Waals surface area contributed by atoms with Gasteiger partial charge in [-0.1, -0.05) is 48.5 Å². The van der Waals surface area contributed by atoms with Gasteiger partial charge in [-0.25, -0.2) is 0 Å². The lowest BCUT2D eigenvalue weighted by Crippen LogP contribution is -2.05. The van der Waals surface area contributed by atoms with Gasteiger partial charge in [0.05, 0.1) is 0 Å². The highest BCUT2D eigenvalue weighted by atomic mass is 15.2. The highest BCUT2D eigenvalue weighted by Gasteiger charge is 2.15. The fourth-order valence-electron chi connectivity index (χ4n) is 2.51. The Morgan fingerprint density at radius 1 is 0.591 bits per heavy atom. The van der Waals surface area contributed by atoms with Crippen LogP contribution in [0.1, 0.15) is 11.1 Å². The first-order valence-corrected chi connectivity index (χ1v) is 6.82. The Balaban J connectivity index is 0.000000142. The molecule has 2 aromatic carbocycles. The molecule has 0 amide bonds. The number of nitrogens with two attached hydrogens (primary N) is 3. The molecule has 0 unspecified atom stereocenters. The molecule has 1 aromatic heterocycles. The maximum Gasteiger partial charge on any atom is 0.226 e. The molecular weight excluding hydrogens is 276 g/mol. The van der Waals surface area contributed by atoms with Gasteiger partial charge < -0.3 is 17.2 Å². The molecule has 1 aliphatic carbocycles. The van der Waals surface area contributed by atoms with Crippen molar-refractivity contribution in [1.29, 1.82) is 0 Å². The van der Waals surface area contributed by atoms with Crippen LogP contribution in [0.5, 0.6) is 0 Å². The van der Waals surface area contributed by atoms with Crippen LogP contribution in [0.3, 0.4) is 0 Å². The quantitative estimate of drug-likeness (QED) is 0.455. The van der Waals surface area contributed by atoms with Crippen LogP contribution in [0.25, 0.3) is 11.1 Å². The number of benzene rings is 2. The fourth-order valence-corrected chi connectivity index (χ4v) is 2.51. The largest absolute Gasteiger partial charge is 0.368 e. The molecule has 22 heavy (non-hydrogen) atoms. The van der Waals surface area contributed by atoms with Crippen molar-refractivity contribution in [2.24, 2.45) is 0 Å². The zero-order valence-corrected chi connectivity index (χ0v) is 11.9. The SMILES string of the molecule is Nc1nc(N)nc(N)n1.c1ccc2c(c1)Cc1ccccc1-2. The topological polar surface area (TPSA) is 117 Å². The van der Waals surface area contributed by atoms with E-state index in [0.717, 1.165) is 6.42 Å². The molecule has 0 spiro atoms. The van der Waals surface area contributed by atoms with Gasteiger partial charge in [-0.15, -0.1) is 0 Å². The minimum Gasteiger partial charge on any atom is -0.368 e. The van der Waals surface area contributed by atoms with Gasteiger partial charge in [-0.2, -0.15) is 15.0 Å². The third-order valence-electron chi connectivity index (χ3n) is 3.39. The van der Waals surface area contributed by atoms with Crippen LogP contribution in [0.2, 0.25) is 0 Å². The Morgan fingerprint density at radius 3 is 1.36 bits per heavy atom. The normalized spacial score (nSPS) is 11.1. The van der Waals surface area contributed by atoms with Gasteiger partial charge in [-0.3, -0.25) is 0 Å². The van der Waals surface area contributed by atoms with E-state index in [1.807, 2.05) is 0 Å². The molecule has 0 radical (unpaired) electrons. The van der Waals surface area contributed by atoms with Crippen molar-refractivity contribution in [1.82, 2.24) is 15.0 Å².